The van der Waals surface area contributed by atoms with Crippen LogP contribution in [0.5, 0.6) is 0 Å². The molecule has 3 heterocycles. The fourth-order valence-corrected chi connectivity index (χ4v) is 2.80. The average molecular weight is 344 g/mol. The van der Waals surface area contributed by atoms with Crippen molar-refractivity contribution in [3.63, 3.8) is 0 Å². The smallest absolute Gasteiger partial charge is 0.350 e. The molecule has 8 nitrogen and oxygen atoms in total. The molecule has 1 aromatic heterocycles. The molecule has 1 fully saturated rings. The molecule has 2 aliphatic heterocycles. The summed E-state index contributed by atoms with van der Waals surface area (Å²) in [6.45, 7) is 4.29. The molecule has 0 aliphatic carbocycles. The number of ether oxygens (including phenoxy) is 1. The minimum atomic E-state index is -0.253. The van der Waals surface area contributed by atoms with Crippen molar-refractivity contribution in [2.45, 2.75) is 13.5 Å². The van der Waals surface area contributed by atoms with E-state index in [0.29, 0.717) is 43.5 Å². The van der Waals surface area contributed by atoms with E-state index < -0.39 is 0 Å². The fourth-order valence-electron chi connectivity index (χ4n) is 2.33. The monoisotopic (exact) mass is 343 g/mol. The molecule has 0 spiro atoms. The summed E-state index contributed by atoms with van der Waals surface area (Å²) < 4.78 is 6.52. The average Bonchev–Trinajstić information content (AvgIpc) is 2.44. The molecule has 108 valence electrons. The summed E-state index contributed by atoms with van der Waals surface area (Å²) in [5, 5.41) is 3.44. The Morgan fingerprint density at radius 2 is 2.00 bits per heavy atom. The highest BCUT2D eigenvalue weighted by molar-refractivity contribution is 9.10. The summed E-state index contributed by atoms with van der Waals surface area (Å²) in [5.74, 6) is 0.839. The minimum absolute atomic E-state index is 0.220. The summed E-state index contributed by atoms with van der Waals surface area (Å²) in [6, 6.07) is -0.253. The van der Waals surface area contributed by atoms with Gasteiger partial charge in [-0.1, -0.05) is 0 Å². The molecule has 0 aromatic carbocycles. The van der Waals surface area contributed by atoms with Crippen LogP contribution >= 0.6 is 16.1 Å². The van der Waals surface area contributed by atoms with Crippen LogP contribution in [-0.2, 0) is 11.3 Å². The van der Waals surface area contributed by atoms with Gasteiger partial charge in [-0.05, 0) is 6.92 Å². The Bertz CT molecular complexity index is 598. The van der Waals surface area contributed by atoms with Crippen LogP contribution in [0.1, 0.15) is 11.4 Å². The van der Waals surface area contributed by atoms with Crippen LogP contribution in [0.4, 0.5) is 10.6 Å². The molecule has 9 heteroatoms. The second kappa shape index (κ2) is 5.15. The first-order valence-electron chi connectivity index (χ1n) is 6.27. The number of morpholine rings is 1. The molecule has 0 saturated carbocycles. The standard InChI is InChI=1S/C11H14BrN5O3/c1-7-13-9-8(10(18)14-7)6-16(11(19)17(9)12)15-2-4-20-5-3-15/h2-6H2,1H3,(H,13,14,18). The van der Waals surface area contributed by atoms with E-state index in [1.165, 1.54) is 3.93 Å². The number of fused-ring (bicyclic) bond motifs is 1. The number of aromatic nitrogens is 2. The van der Waals surface area contributed by atoms with Crippen LogP contribution in [-0.4, -0.2) is 52.3 Å². The maximum atomic E-state index is 12.4. The maximum Gasteiger partial charge on any atom is 0.350 e. The number of hydrogen-bond acceptors (Lipinski definition) is 5. The number of aromatic amines is 1. The molecular formula is C11H14BrN5O3. The van der Waals surface area contributed by atoms with Gasteiger partial charge in [-0.3, -0.25) is 9.80 Å². The predicted molar refractivity (Wildman–Crippen MR) is 74.3 cm³/mol. The Morgan fingerprint density at radius 3 is 2.70 bits per heavy atom. The summed E-state index contributed by atoms with van der Waals surface area (Å²) in [7, 11) is 0. The topological polar surface area (TPSA) is 81.8 Å². The Labute approximate surface area is 123 Å². The molecule has 2 aliphatic rings. The van der Waals surface area contributed by atoms with Crippen molar-refractivity contribution in [1.82, 2.24) is 20.0 Å². The molecule has 0 bridgehead atoms. The molecule has 1 saturated heterocycles. The van der Waals surface area contributed by atoms with Gasteiger partial charge in [-0.15, -0.1) is 0 Å². The molecule has 1 N–H and O–H groups in total. The lowest BCUT2D eigenvalue weighted by atomic mass is 10.2. The van der Waals surface area contributed by atoms with Gasteiger partial charge >= 0.3 is 6.03 Å². The zero-order chi connectivity index (χ0) is 14.3. The molecule has 0 unspecified atom stereocenters. The Kier molecular flexibility index (Phi) is 3.48. The van der Waals surface area contributed by atoms with Crippen molar-refractivity contribution in [1.29, 1.82) is 0 Å². The van der Waals surface area contributed by atoms with Gasteiger partial charge in [0.1, 0.15) is 5.82 Å². The number of carbonyl (C=O) groups excluding carboxylic acids is 1. The number of halogens is 1. The number of nitrogens with one attached hydrogen (secondary N) is 1. The molecule has 0 atom stereocenters. The van der Waals surface area contributed by atoms with Gasteiger partial charge in [0.15, 0.2) is 5.82 Å². The second-order valence-corrected chi connectivity index (χ2v) is 5.35. The lowest BCUT2D eigenvalue weighted by Crippen LogP contribution is -2.56. The quantitative estimate of drug-likeness (QED) is 0.745. The Balaban J connectivity index is 1.97. The highest BCUT2D eigenvalue weighted by Gasteiger charge is 2.36. The first-order chi connectivity index (χ1) is 9.58. The first kappa shape index (κ1) is 13.5. The minimum Gasteiger partial charge on any atom is -0.379 e. The van der Waals surface area contributed by atoms with Crippen molar-refractivity contribution < 1.29 is 9.53 Å². The highest BCUT2D eigenvalue weighted by atomic mass is 79.9. The third-order valence-corrected chi connectivity index (χ3v) is 3.96. The van der Waals surface area contributed by atoms with Crippen molar-refractivity contribution >= 4 is 28.0 Å². The van der Waals surface area contributed by atoms with Crippen molar-refractivity contribution in [3.05, 3.63) is 21.7 Å². The predicted octanol–water partition coefficient (Wildman–Crippen LogP) is 0.377. The summed E-state index contributed by atoms with van der Waals surface area (Å²) in [5.41, 5.74) is 0.251. The lowest BCUT2D eigenvalue weighted by molar-refractivity contribution is -0.0661. The molecule has 0 radical (unpaired) electrons. The van der Waals surface area contributed by atoms with Crippen LogP contribution in [0, 0.1) is 6.92 Å². The van der Waals surface area contributed by atoms with Gasteiger partial charge in [0.05, 0.1) is 41.5 Å². The largest absolute Gasteiger partial charge is 0.379 e. The number of amides is 2. The number of carbonyl (C=O) groups is 1. The number of H-pyrrole nitrogens is 1. The third-order valence-electron chi connectivity index (χ3n) is 3.32. The van der Waals surface area contributed by atoms with Crippen LogP contribution in [0.2, 0.25) is 0 Å². The molecule has 20 heavy (non-hydrogen) atoms. The van der Waals surface area contributed by atoms with E-state index in [4.69, 9.17) is 4.74 Å². The van der Waals surface area contributed by atoms with Crippen molar-refractivity contribution in [3.8, 4) is 0 Å². The van der Waals surface area contributed by atoms with E-state index in [0.717, 1.165) is 0 Å². The third kappa shape index (κ3) is 2.21. The van der Waals surface area contributed by atoms with E-state index in [2.05, 4.69) is 26.1 Å². The summed E-state index contributed by atoms with van der Waals surface area (Å²) in [4.78, 5) is 31.3. The van der Waals surface area contributed by atoms with E-state index in [-0.39, 0.29) is 18.1 Å². The van der Waals surface area contributed by atoms with Gasteiger partial charge in [-0.2, -0.15) is 0 Å². The number of urea groups is 1. The van der Waals surface area contributed by atoms with Crippen LogP contribution in [0.25, 0.3) is 0 Å². The van der Waals surface area contributed by atoms with Gasteiger partial charge in [0.25, 0.3) is 5.56 Å². The van der Waals surface area contributed by atoms with Crippen LogP contribution in [0.3, 0.4) is 0 Å². The number of hydrogen-bond donors (Lipinski definition) is 1. The van der Waals surface area contributed by atoms with E-state index in [1.54, 1.807) is 11.9 Å². The van der Waals surface area contributed by atoms with E-state index >= 15 is 0 Å². The van der Waals surface area contributed by atoms with E-state index in [1.807, 2.05) is 5.01 Å². The molecule has 1 aromatic rings. The van der Waals surface area contributed by atoms with Crippen LogP contribution in [0.15, 0.2) is 4.79 Å². The summed E-state index contributed by atoms with van der Waals surface area (Å²) >= 11 is 3.20. The highest BCUT2D eigenvalue weighted by Crippen LogP contribution is 2.28. The molecule has 2 amide bonds. The fraction of sp³-hybridized carbons (Fsp3) is 0.545. The van der Waals surface area contributed by atoms with Gasteiger partial charge < -0.3 is 9.72 Å². The summed E-state index contributed by atoms with van der Waals surface area (Å²) in [6.07, 6.45) is 0. The Hall–Kier alpha value is -1.45. The van der Waals surface area contributed by atoms with Gasteiger partial charge in [0, 0.05) is 13.1 Å². The van der Waals surface area contributed by atoms with Crippen LogP contribution < -0.4 is 9.49 Å². The zero-order valence-corrected chi connectivity index (χ0v) is 12.5. The lowest BCUT2D eigenvalue weighted by Gasteiger charge is -2.40. The van der Waals surface area contributed by atoms with E-state index in [9.17, 15) is 9.59 Å². The van der Waals surface area contributed by atoms with Gasteiger partial charge in [0.2, 0.25) is 0 Å². The number of aryl methyl sites for hydroxylation is 1. The second-order valence-electron chi connectivity index (χ2n) is 4.64. The number of nitrogens with zero attached hydrogens (tertiary/aromatic N) is 4. The zero-order valence-electron chi connectivity index (χ0n) is 10.9. The van der Waals surface area contributed by atoms with Gasteiger partial charge in [-0.25, -0.2) is 18.7 Å². The number of rotatable bonds is 1. The normalized spacial score (nSPS) is 20.2. The Morgan fingerprint density at radius 1 is 1.30 bits per heavy atom. The molecule has 3 rings (SSSR count). The SMILES string of the molecule is Cc1nc2c(c(=O)[nH]1)CN(N1CCOCC1)C(=O)N2Br. The molecular weight excluding hydrogens is 330 g/mol. The first-order valence-corrected chi connectivity index (χ1v) is 6.98. The van der Waals surface area contributed by atoms with Crippen molar-refractivity contribution in [2.24, 2.45) is 0 Å². The number of hydrazine groups is 1. The number of anilines is 1. The maximum absolute atomic E-state index is 12.4. The van der Waals surface area contributed by atoms with Crippen molar-refractivity contribution in [2.75, 3.05) is 30.2 Å².